The second-order valence-electron chi connectivity index (χ2n) is 12.4. The number of fused-ring (bicyclic) bond motifs is 1. The van der Waals surface area contributed by atoms with Gasteiger partial charge in [-0.3, -0.25) is 28.8 Å². The summed E-state index contributed by atoms with van der Waals surface area (Å²) in [4.78, 5) is 92.6. The van der Waals surface area contributed by atoms with Gasteiger partial charge < -0.3 is 41.4 Å². The number of carbonyl (C=O) groups is 6. The highest BCUT2D eigenvalue weighted by atomic mass is 32.2. The van der Waals surface area contributed by atoms with Crippen molar-refractivity contribution in [1.82, 2.24) is 25.8 Å². The molecule has 49 heavy (non-hydrogen) atoms. The van der Waals surface area contributed by atoms with E-state index in [2.05, 4.69) is 26.3 Å². The van der Waals surface area contributed by atoms with E-state index in [9.17, 15) is 43.8 Å². The number of nitrogens with one attached hydrogen (secondary N) is 5. The number of aliphatic carboxylic acids is 1. The molecule has 16 heteroatoms. The summed E-state index contributed by atoms with van der Waals surface area (Å²) < 4.78 is -0.809. The molecule has 0 bridgehead atoms. The molecule has 3 saturated heterocycles. The molecule has 15 nitrogen and oxygen atoms in total. The summed E-state index contributed by atoms with van der Waals surface area (Å²) in [5, 5.41) is 29.4. The van der Waals surface area contributed by atoms with E-state index in [1.54, 1.807) is 38.1 Å². The summed E-state index contributed by atoms with van der Waals surface area (Å²) in [6.45, 7) is 3.41. The number of hydrogen-bond acceptors (Lipinski definition) is 9. The summed E-state index contributed by atoms with van der Waals surface area (Å²) in [5.74, 6) is -3.98. The summed E-state index contributed by atoms with van der Waals surface area (Å²) in [6, 6.07) is 10.7. The van der Waals surface area contributed by atoms with Gasteiger partial charge in [0.15, 0.2) is 0 Å². The number of carboxylic acids is 1. The molecule has 6 rings (SSSR count). The van der Waals surface area contributed by atoms with Gasteiger partial charge in [0, 0.05) is 22.5 Å². The maximum absolute atomic E-state index is 13.6. The SMILES string of the molecule is CC1(C)S[C@@H]2[C@H](NC(=O)C(NC(=O)c3ccc(-c4ccc(NC(=O)C5CCC(=O)N5)cc4)[nH]c3=O)c3ccc(O)cc3)C(=O)N2[C@@H]1C(=O)O. The Labute approximate surface area is 282 Å². The number of aromatic nitrogens is 1. The fraction of sp³-hybridized carbons (Fsp3) is 0.303. The van der Waals surface area contributed by atoms with Gasteiger partial charge >= 0.3 is 5.97 Å². The number of aromatic hydroxyl groups is 1. The Bertz CT molecular complexity index is 1930. The number of carbonyl (C=O) groups excluding carboxylic acids is 5. The molecule has 3 aromatic rings. The van der Waals surface area contributed by atoms with Gasteiger partial charge in [0.2, 0.25) is 23.6 Å². The Balaban J connectivity index is 1.16. The van der Waals surface area contributed by atoms with Gasteiger partial charge in [-0.15, -0.1) is 11.8 Å². The van der Waals surface area contributed by atoms with Crippen molar-refractivity contribution in [1.29, 1.82) is 0 Å². The second-order valence-corrected chi connectivity index (χ2v) is 14.2. The summed E-state index contributed by atoms with van der Waals surface area (Å²) >= 11 is 1.25. The molecule has 0 aliphatic carbocycles. The van der Waals surface area contributed by atoms with Crippen molar-refractivity contribution >= 4 is 53.0 Å². The lowest BCUT2D eigenvalue weighted by Gasteiger charge is -2.44. The summed E-state index contributed by atoms with van der Waals surface area (Å²) in [7, 11) is 0. The van der Waals surface area contributed by atoms with Crippen molar-refractivity contribution < 1.29 is 39.0 Å². The van der Waals surface area contributed by atoms with Gasteiger partial charge in [-0.05, 0) is 67.8 Å². The molecular formula is C33H32N6O9S. The van der Waals surface area contributed by atoms with Crippen LogP contribution in [0.5, 0.6) is 5.75 Å². The number of H-pyrrole nitrogens is 1. The minimum atomic E-state index is -1.39. The van der Waals surface area contributed by atoms with Crippen LogP contribution in [-0.2, 0) is 24.0 Å². The fourth-order valence-electron chi connectivity index (χ4n) is 6.15. The fourth-order valence-corrected chi connectivity index (χ4v) is 7.78. The Kier molecular flexibility index (Phi) is 8.66. The number of anilines is 1. The Morgan fingerprint density at radius 1 is 0.980 bits per heavy atom. The van der Waals surface area contributed by atoms with Crippen molar-refractivity contribution in [3.63, 3.8) is 0 Å². The molecule has 4 heterocycles. The van der Waals surface area contributed by atoms with Crippen LogP contribution in [0, 0.1) is 0 Å². The quantitative estimate of drug-likeness (QED) is 0.158. The van der Waals surface area contributed by atoms with E-state index in [-0.39, 0.29) is 35.1 Å². The minimum Gasteiger partial charge on any atom is -0.508 e. The van der Waals surface area contributed by atoms with E-state index >= 15 is 0 Å². The number of benzene rings is 2. The highest BCUT2D eigenvalue weighted by Crippen LogP contribution is 2.50. The third-order valence-electron chi connectivity index (χ3n) is 8.67. The minimum absolute atomic E-state index is 0.0897. The zero-order valence-electron chi connectivity index (χ0n) is 26.2. The number of nitrogens with zero attached hydrogens (tertiary/aromatic N) is 1. The van der Waals surface area contributed by atoms with Crippen LogP contribution >= 0.6 is 11.8 Å². The molecule has 5 amide bonds. The van der Waals surface area contributed by atoms with Gasteiger partial charge in [0.25, 0.3) is 11.5 Å². The normalized spacial score (nSPS) is 22.7. The third kappa shape index (κ3) is 6.46. The first kappa shape index (κ1) is 33.3. The van der Waals surface area contributed by atoms with E-state index in [1.165, 1.54) is 53.1 Å². The molecule has 2 aromatic carbocycles. The second kappa shape index (κ2) is 12.8. The van der Waals surface area contributed by atoms with E-state index in [1.807, 2.05) is 0 Å². The van der Waals surface area contributed by atoms with Crippen molar-refractivity contribution in [2.45, 2.75) is 61.0 Å². The lowest BCUT2D eigenvalue weighted by atomic mass is 9.95. The van der Waals surface area contributed by atoms with Crippen LogP contribution in [0.3, 0.4) is 0 Å². The van der Waals surface area contributed by atoms with Crippen molar-refractivity contribution in [3.05, 3.63) is 82.1 Å². The number of phenolic OH excluding ortho intramolecular Hbond substituents is 1. The first-order valence-electron chi connectivity index (χ1n) is 15.3. The number of rotatable bonds is 9. The van der Waals surface area contributed by atoms with E-state index in [0.717, 1.165) is 0 Å². The number of aromatic amines is 1. The standard InChI is InChI=1S/C33H32N6O9S/c1-33(2)25(32(47)48)39-30(46)24(31(39)49-33)38-29(45)23(16-5-9-18(40)10-6-16)37-27(43)19-11-12-20(36-26(19)42)15-3-7-17(8-4-15)34-28(44)21-13-14-22(41)35-21/h3-12,21,23-25,31,40H,13-14H2,1-2H3,(H,34,44)(H,35,41)(H,36,42)(H,37,43)(H,38,45)(H,47,48)/t21?,23?,24-,25-,31-/m1/s1. The molecule has 1 aromatic heterocycles. The summed E-state index contributed by atoms with van der Waals surface area (Å²) in [6.07, 6.45) is 0.703. The molecule has 0 saturated carbocycles. The van der Waals surface area contributed by atoms with Crippen LogP contribution in [0.2, 0.25) is 0 Å². The molecule has 7 N–H and O–H groups in total. The molecule has 0 spiro atoms. The average molecular weight is 689 g/mol. The average Bonchev–Trinajstić information content (AvgIpc) is 3.61. The molecule has 254 valence electrons. The monoisotopic (exact) mass is 688 g/mol. The summed E-state index contributed by atoms with van der Waals surface area (Å²) in [5.41, 5.74) is 0.648. The molecule has 5 atom stereocenters. The van der Waals surface area contributed by atoms with Crippen LogP contribution < -0.4 is 26.8 Å². The van der Waals surface area contributed by atoms with Gasteiger partial charge in [0.1, 0.15) is 40.9 Å². The van der Waals surface area contributed by atoms with E-state index in [0.29, 0.717) is 23.4 Å². The maximum Gasteiger partial charge on any atom is 0.327 e. The van der Waals surface area contributed by atoms with Crippen molar-refractivity contribution in [2.24, 2.45) is 0 Å². The van der Waals surface area contributed by atoms with E-state index < -0.39 is 63.5 Å². The Hall–Kier alpha value is -5.64. The molecule has 3 fully saturated rings. The van der Waals surface area contributed by atoms with Gasteiger partial charge in [-0.2, -0.15) is 0 Å². The largest absolute Gasteiger partial charge is 0.508 e. The van der Waals surface area contributed by atoms with Crippen molar-refractivity contribution in [2.75, 3.05) is 5.32 Å². The maximum atomic E-state index is 13.6. The molecule has 3 aliphatic rings. The van der Waals surface area contributed by atoms with Crippen LogP contribution in [0.4, 0.5) is 5.69 Å². The Morgan fingerprint density at radius 3 is 2.29 bits per heavy atom. The predicted molar refractivity (Wildman–Crippen MR) is 176 cm³/mol. The lowest BCUT2D eigenvalue weighted by molar-refractivity contribution is -0.161. The predicted octanol–water partition coefficient (Wildman–Crippen LogP) is 1.07. The molecular weight excluding hydrogens is 656 g/mol. The van der Waals surface area contributed by atoms with Crippen LogP contribution in [0.25, 0.3) is 11.3 Å². The van der Waals surface area contributed by atoms with Gasteiger partial charge in [0.05, 0.1) is 0 Å². The van der Waals surface area contributed by atoms with E-state index in [4.69, 9.17) is 0 Å². The molecule has 2 unspecified atom stereocenters. The number of carboxylic acid groups (broad SMARTS) is 1. The number of hydrogen-bond donors (Lipinski definition) is 7. The molecule has 3 aliphatic heterocycles. The van der Waals surface area contributed by atoms with Gasteiger partial charge in [-0.25, -0.2) is 4.79 Å². The van der Waals surface area contributed by atoms with Gasteiger partial charge in [-0.1, -0.05) is 24.3 Å². The van der Waals surface area contributed by atoms with Crippen LogP contribution in [0.15, 0.2) is 65.5 Å². The topological polar surface area (TPSA) is 227 Å². The van der Waals surface area contributed by atoms with Crippen molar-refractivity contribution in [3.8, 4) is 17.0 Å². The molecule has 0 radical (unpaired) electrons. The number of β-lactam (4-membered cyclic amide) rings is 1. The number of phenols is 1. The van der Waals surface area contributed by atoms with Crippen LogP contribution in [0.1, 0.15) is 48.7 Å². The highest BCUT2D eigenvalue weighted by molar-refractivity contribution is 8.01. The highest BCUT2D eigenvalue weighted by Gasteiger charge is 2.64. The number of amides is 5. The van der Waals surface area contributed by atoms with Crippen LogP contribution in [-0.4, -0.2) is 83.8 Å². The Morgan fingerprint density at radius 2 is 1.67 bits per heavy atom. The smallest absolute Gasteiger partial charge is 0.327 e. The first-order valence-corrected chi connectivity index (χ1v) is 16.2. The first-order chi connectivity index (χ1) is 23.2. The third-order valence-corrected chi connectivity index (χ3v) is 10.2. The zero-order chi connectivity index (χ0) is 35.2. The lowest BCUT2D eigenvalue weighted by Crippen LogP contribution is -2.71. The number of pyridine rings is 1. The zero-order valence-corrected chi connectivity index (χ0v) is 27.0. The number of thioether (sulfide) groups is 1.